The first-order chi connectivity index (χ1) is 13.2. The number of H-pyrrole nitrogens is 1. The SMILES string of the molecule is ONC(=Nc1ccc(F)c(Cl)c1)c1ccnc2nc(-c3cccnc3)[nH]c12. The van der Waals surface area contributed by atoms with E-state index in [1.165, 1.54) is 18.2 Å². The van der Waals surface area contributed by atoms with Crippen LogP contribution < -0.4 is 5.48 Å². The lowest BCUT2D eigenvalue weighted by molar-refractivity contribution is 0.235. The monoisotopic (exact) mass is 382 g/mol. The van der Waals surface area contributed by atoms with Crippen molar-refractivity contribution in [2.75, 3.05) is 0 Å². The second-order valence-corrected chi connectivity index (χ2v) is 5.96. The van der Waals surface area contributed by atoms with E-state index in [2.05, 4.69) is 30.4 Å². The Labute approximate surface area is 157 Å². The smallest absolute Gasteiger partial charge is 0.178 e. The summed E-state index contributed by atoms with van der Waals surface area (Å²) in [6.45, 7) is 0. The van der Waals surface area contributed by atoms with Gasteiger partial charge in [0.25, 0.3) is 0 Å². The Morgan fingerprint density at radius 3 is 2.85 bits per heavy atom. The van der Waals surface area contributed by atoms with E-state index >= 15 is 0 Å². The molecule has 9 heteroatoms. The van der Waals surface area contributed by atoms with Crippen molar-refractivity contribution in [3.8, 4) is 11.4 Å². The van der Waals surface area contributed by atoms with Gasteiger partial charge in [0.2, 0.25) is 0 Å². The number of aliphatic imine (C=N–C) groups is 1. The van der Waals surface area contributed by atoms with E-state index in [0.29, 0.717) is 28.2 Å². The average Bonchev–Trinajstić information content (AvgIpc) is 3.14. The highest BCUT2D eigenvalue weighted by Crippen LogP contribution is 2.24. The van der Waals surface area contributed by atoms with Crippen molar-refractivity contribution in [1.29, 1.82) is 0 Å². The number of hydrogen-bond donors (Lipinski definition) is 3. The van der Waals surface area contributed by atoms with Crippen LogP contribution in [0.2, 0.25) is 5.02 Å². The molecule has 0 aliphatic rings. The second kappa shape index (κ2) is 7.10. The van der Waals surface area contributed by atoms with Crippen LogP contribution in [0, 0.1) is 5.82 Å². The first-order valence-electron chi connectivity index (χ1n) is 7.85. The van der Waals surface area contributed by atoms with Crippen molar-refractivity contribution in [3.63, 3.8) is 0 Å². The Morgan fingerprint density at radius 2 is 2.11 bits per heavy atom. The molecule has 0 aliphatic heterocycles. The Balaban J connectivity index is 1.82. The molecule has 0 fully saturated rings. The summed E-state index contributed by atoms with van der Waals surface area (Å²) in [5, 5.41) is 9.53. The lowest BCUT2D eigenvalue weighted by Crippen LogP contribution is -2.20. The molecule has 4 rings (SSSR count). The number of nitrogens with one attached hydrogen (secondary N) is 2. The molecule has 0 bridgehead atoms. The molecule has 0 aliphatic carbocycles. The van der Waals surface area contributed by atoms with Crippen molar-refractivity contribution >= 4 is 34.3 Å². The fourth-order valence-electron chi connectivity index (χ4n) is 2.58. The van der Waals surface area contributed by atoms with E-state index in [9.17, 15) is 9.60 Å². The number of rotatable bonds is 3. The number of pyridine rings is 2. The number of amidine groups is 1. The van der Waals surface area contributed by atoms with Gasteiger partial charge in [0, 0.05) is 29.7 Å². The first kappa shape index (κ1) is 17.1. The van der Waals surface area contributed by atoms with E-state index in [1.54, 1.807) is 30.7 Å². The number of hydrogen-bond acceptors (Lipinski definition) is 5. The highest BCUT2D eigenvalue weighted by molar-refractivity contribution is 6.31. The molecule has 134 valence electrons. The number of fused-ring (bicyclic) bond motifs is 1. The third kappa shape index (κ3) is 3.35. The van der Waals surface area contributed by atoms with E-state index in [1.807, 2.05) is 6.07 Å². The minimum atomic E-state index is -0.546. The predicted molar refractivity (Wildman–Crippen MR) is 99.6 cm³/mol. The van der Waals surface area contributed by atoms with Crippen LogP contribution in [0.15, 0.2) is 60.0 Å². The van der Waals surface area contributed by atoms with Gasteiger partial charge >= 0.3 is 0 Å². The van der Waals surface area contributed by atoms with Crippen LogP contribution in [0.1, 0.15) is 5.56 Å². The summed E-state index contributed by atoms with van der Waals surface area (Å²) in [4.78, 5) is 20.2. The van der Waals surface area contributed by atoms with Crippen molar-refractivity contribution in [2.45, 2.75) is 0 Å². The van der Waals surface area contributed by atoms with Gasteiger partial charge in [-0.2, -0.15) is 0 Å². The zero-order valence-corrected chi connectivity index (χ0v) is 14.4. The number of benzene rings is 1. The second-order valence-electron chi connectivity index (χ2n) is 5.55. The topological polar surface area (TPSA) is 99.1 Å². The van der Waals surface area contributed by atoms with Crippen LogP contribution in [-0.4, -0.2) is 31.0 Å². The summed E-state index contributed by atoms with van der Waals surface area (Å²) >= 11 is 5.79. The minimum absolute atomic E-state index is 0.0613. The van der Waals surface area contributed by atoms with E-state index < -0.39 is 5.82 Å². The van der Waals surface area contributed by atoms with E-state index in [4.69, 9.17) is 11.6 Å². The first-order valence-corrected chi connectivity index (χ1v) is 8.23. The molecule has 0 amide bonds. The van der Waals surface area contributed by atoms with Crippen LogP contribution in [-0.2, 0) is 0 Å². The molecule has 1 aromatic carbocycles. The number of nitrogens with zero attached hydrogens (tertiary/aromatic N) is 4. The number of imidazole rings is 1. The summed E-state index contributed by atoms with van der Waals surface area (Å²) in [6, 6.07) is 9.35. The van der Waals surface area contributed by atoms with Crippen LogP contribution in [0.5, 0.6) is 0 Å². The maximum absolute atomic E-state index is 13.3. The van der Waals surface area contributed by atoms with Crippen molar-refractivity contribution in [2.24, 2.45) is 4.99 Å². The van der Waals surface area contributed by atoms with Crippen molar-refractivity contribution in [3.05, 3.63) is 71.4 Å². The zero-order valence-electron chi connectivity index (χ0n) is 13.7. The van der Waals surface area contributed by atoms with Gasteiger partial charge in [0.05, 0.1) is 16.2 Å². The Bertz CT molecular complexity index is 1150. The molecular weight excluding hydrogens is 371 g/mol. The normalized spacial score (nSPS) is 11.7. The van der Waals surface area contributed by atoms with E-state index in [-0.39, 0.29) is 10.9 Å². The molecule has 27 heavy (non-hydrogen) atoms. The summed E-state index contributed by atoms with van der Waals surface area (Å²) in [5.41, 5.74) is 4.79. The number of aromatic nitrogens is 4. The molecule has 3 aromatic heterocycles. The molecule has 0 saturated carbocycles. The Kier molecular flexibility index (Phi) is 4.49. The van der Waals surface area contributed by atoms with Gasteiger partial charge in [-0.15, -0.1) is 0 Å². The summed E-state index contributed by atoms with van der Waals surface area (Å²) in [7, 11) is 0. The van der Waals surface area contributed by atoms with Gasteiger partial charge in [0.1, 0.15) is 11.6 Å². The lowest BCUT2D eigenvalue weighted by atomic mass is 10.2. The molecule has 0 spiro atoms. The standard InChI is InChI=1S/C18H12ClFN6O/c19-13-8-11(3-4-14(13)20)23-17(26-27)12-5-7-22-18-15(12)24-16(25-18)10-2-1-6-21-9-10/h1-9,27H,(H,23,26)(H,22,24,25). The van der Waals surface area contributed by atoms with Gasteiger partial charge in [0.15, 0.2) is 11.5 Å². The molecule has 7 nitrogen and oxygen atoms in total. The fourth-order valence-corrected chi connectivity index (χ4v) is 2.75. The highest BCUT2D eigenvalue weighted by Gasteiger charge is 2.14. The Hall–Kier alpha value is -3.36. The average molecular weight is 383 g/mol. The third-order valence-corrected chi connectivity index (χ3v) is 4.12. The maximum Gasteiger partial charge on any atom is 0.178 e. The number of hydroxylamine groups is 1. The Morgan fingerprint density at radius 1 is 1.22 bits per heavy atom. The van der Waals surface area contributed by atoms with Gasteiger partial charge in [-0.25, -0.2) is 19.4 Å². The molecule has 0 saturated heterocycles. The van der Waals surface area contributed by atoms with Crippen LogP contribution >= 0.6 is 11.6 Å². The van der Waals surface area contributed by atoms with Gasteiger partial charge in [-0.05, 0) is 36.4 Å². The van der Waals surface area contributed by atoms with Crippen LogP contribution in [0.3, 0.4) is 0 Å². The van der Waals surface area contributed by atoms with Crippen LogP contribution in [0.4, 0.5) is 10.1 Å². The van der Waals surface area contributed by atoms with Gasteiger partial charge < -0.3 is 4.98 Å². The summed E-state index contributed by atoms with van der Waals surface area (Å²) in [5.74, 6) is 0.168. The molecule has 0 unspecified atom stereocenters. The highest BCUT2D eigenvalue weighted by atomic mass is 35.5. The summed E-state index contributed by atoms with van der Waals surface area (Å²) in [6.07, 6.45) is 4.90. The molecular formula is C18H12ClFN6O. The molecule has 4 aromatic rings. The molecule has 0 atom stereocenters. The quantitative estimate of drug-likeness (QED) is 0.284. The third-order valence-electron chi connectivity index (χ3n) is 3.83. The van der Waals surface area contributed by atoms with Crippen LogP contribution in [0.25, 0.3) is 22.6 Å². The van der Waals surface area contributed by atoms with Gasteiger partial charge in [-0.1, -0.05) is 11.6 Å². The largest absolute Gasteiger partial charge is 0.336 e. The predicted octanol–water partition coefficient (Wildman–Crippen LogP) is 3.87. The fraction of sp³-hybridized carbons (Fsp3) is 0. The van der Waals surface area contributed by atoms with Gasteiger partial charge in [-0.3, -0.25) is 15.7 Å². The minimum Gasteiger partial charge on any atom is -0.336 e. The maximum atomic E-state index is 13.3. The zero-order chi connectivity index (χ0) is 18.8. The number of halogens is 2. The lowest BCUT2D eigenvalue weighted by Gasteiger charge is -2.06. The van der Waals surface area contributed by atoms with Crippen molar-refractivity contribution in [1.82, 2.24) is 25.4 Å². The summed E-state index contributed by atoms with van der Waals surface area (Å²) < 4.78 is 13.3. The van der Waals surface area contributed by atoms with Crippen molar-refractivity contribution < 1.29 is 9.60 Å². The molecule has 0 radical (unpaired) electrons. The van der Waals surface area contributed by atoms with E-state index in [0.717, 1.165) is 5.56 Å². The number of aromatic amines is 1. The molecule has 3 heterocycles. The molecule has 3 N–H and O–H groups in total.